The molecule has 0 radical (unpaired) electrons. The molecule has 0 aliphatic rings. The van der Waals surface area contributed by atoms with Crippen LogP contribution in [0.3, 0.4) is 0 Å². The fourth-order valence-electron chi connectivity index (χ4n) is 1.72. The maximum absolute atomic E-state index is 13.0. The fraction of sp³-hybridized carbons (Fsp3) is 0.250. The third-order valence-electron chi connectivity index (χ3n) is 2.53. The quantitative estimate of drug-likeness (QED) is 0.714. The largest absolute Gasteiger partial charge is 0.280 e. The number of halogens is 4. The molecule has 0 spiro atoms. The van der Waals surface area contributed by atoms with E-state index in [4.69, 9.17) is 0 Å². The predicted octanol–water partition coefficient (Wildman–Crippen LogP) is 4.53. The van der Waals surface area contributed by atoms with Gasteiger partial charge in [0.1, 0.15) is 5.69 Å². The average molecular weight is 380 g/mol. The van der Waals surface area contributed by atoms with Crippen LogP contribution in [0.4, 0.5) is 8.78 Å². The molecule has 2 rings (SSSR count). The summed E-state index contributed by atoms with van der Waals surface area (Å²) in [5.74, 6) is 0. The molecule has 0 fully saturated rings. The summed E-state index contributed by atoms with van der Waals surface area (Å²) in [5, 5.41) is 4.40. The minimum atomic E-state index is -2.52. The fourth-order valence-corrected chi connectivity index (χ4v) is 2.60. The van der Waals surface area contributed by atoms with Gasteiger partial charge in [-0.2, -0.15) is 5.10 Å². The molecule has 1 aromatic heterocycles. The molecule has 6 heteroatoms. The minimum absolute atomic E-state index is 0.0214. The molecule has 0 saturated carbocycles. The number of hydrogen-bond donors (Lipinski definition) is 0. The molecule has 0 amide bonds. The second kappa shape index (κ2) is 5.93. The van der Waals surface area contributed by atoms with E-state index in [0.717, 1.165) is 10.0 Å². The Kier molecular flexibility index (Phi) is 4.50. The van der Waals surface area contributed by atoms with Crippen LogP contribution in [0.15, 0.2) is 34.9 Å². The lowest BCUT2D eigenvalue weighted by Gasteiger charge is -2.08. The Morgan fingerprint density at radius 1 is 1.33 bits per heavy atom. The highest BCUT2D eigenvalue weighted by molar-refractivity contribution is 9.10. The van der Waals surface area contributed by atoms with Crippen molar-refractivity contribution in [3.63, 3.8) is 0 Å². The molecular formula is C12H10Br2F2N2. The van der Waals surface area contributed by atoms with Crippen molar-refractivity contribution in [1.29, 1.82) is 0 Å². The van der Waals surface area contributed by atoms with E-state index in [1.54, 1.807) is 0 Å². The molecule has 0 aliphatic carbocycles. The van der Waals surface area contributed by atoms with Crippen LogP contribution in [0.1, 0.15) is 23.2 Å². The maximum Gasteiger partial charge on any atom is 0.280 e. The van der Waals surface area contributed by atoms with E-state index in [-0.39, 0.29) is 5.69 Å². The maximum atomic E-state index is 13.0. The topological polar surface area (TPSA) is 17.8 Å². The van der Waals surface area contributed by atoms with Crippen LogP contribution in [0, 0.1) is 0 Å². The summed E-state index contributed by atoms with van der Waals surface area (Å²) in [6, 6.07) is 7.54. The van der Waals surface area contributed by atoms with Gasteiger partial charge in [0.2, 0.25) is 0 Å². The molecule has 2 aromatic rings. The highest BCUT2D eigenvalue weighted by Gasteiger charge is 2.19. The number of nitrogens with zero attached hydrogens (tertiary/aromatic N) is 2. The molecule has 1 aromatic carbocycles. The molecule has 0 saturated heterocycles. The van der Waals surface area contributed by atoms with Gasteiger partial charge in [-0.1, -0.05) is 44.0 Å². The molecule has 18 heavy (non-hydrogen) atoms. The number of aromatic nitrogens is 2. The smallest absolute Gasteiger partial charge is 0.259 e. The summed E-state index contributed by atoms with van der Waals surface area (Å²) in [5.41, 5.74) is 1.43. The van der Waals surface area contributed by atoms with Crippen molar-refractivity contribution < 1.29 is 8.78 Å². The van der Waals surface area contributed by atoms with E-state index in [1.807, 2.05) is 24.3 Å². The summed E-state index contributed by atoms with van der Waals surface area (Å²) < 4.78 is 28.3. The number of benzene rings is 1. The average Bonchev–Trinajstić information content (AvgIpc) is 2.72. The third-order valence-corrected chi connectivity index (χ3v) is 3.63. The summed E-state index contributed by atoms with van der Waals surface area (Å²) in [7, 11) is 0. The van der Waals surface area contributed by atoms with Gasteiger partial charge in [-0.25, -0.2) is 8.78 Å². The number of alkyl halides is 3. The second-order valence-electron chi connectivity index (χ2n) is 3.78. The SMILES string of the molecule is FC(F)c1c(CBr)cnn1Cc1cccc(Br)c1. The van der Waals surface area contributed by atoms with Crippen molar-refractivity contribution in [3.8, 4) is 0 Å². The van der Waals surface area contributed by atoms with Crippen LogP contribution in [0.5, 0.6) is 0 Å². The molecule has 0 N–H and O–H groups in total. The summed E-state index contributed by atoms with van der Waals surface area (Å²) >= 11 is 6.55. The summed E-state index contributed by atoms with van der Waals surface area (Å²) in [6.07, 6.45) is -1.04. The van der Waals surface area contributed by atoms with Crippen LogP contribution >= 0.6 is 31.9 Å². The molecule has 0 unspecified atom stereocenters. The highest BCUT2D eigenvalue weighted by atomic mass is 79.9. The van der Waals surface area contributed by atoms with E-state index in [9.17, 15) is 8.78 Å². The normalized spacial score (nSPS) is 11.2. The van der Waals surface area contributed by atoms with Gasteiger partial charge in [-0.3, -0.25) is 4.68 Å². The van der Waals surface area contributed by atoms with Gasteiger partial charge in [-0.15, -0.1) is 0 Å². The monoisotopic (exact) mass is 378 g/mol. The minimum Gasteiger partial charge on any atom is -0.259 e. The lowest BCUT2D eigenvalue weighted by molar-refractivity contribution is 0.139. The van der Waals surface area contributed by atoms with Crippen LogP contribution < -0.4 is 0 Å². The van der Waals surface area contributed by atoms with Gasteiger partial charge < -0.3 is 0 Å². The predicted molar refractivity (Wildman–Crippen MR) is 73.1 cm³/mol. The molecule has 2 nitrogen and oxygen atoms in total. The zero-order valence-electron chi connectivity index (χ0n) is 9.28. The van der Waals surface area contributed by atoms with Crippen molar-refractivity contribution in [3.05, 3.63) is 51.8 Å². The van der Waals surface area contributed by atoms with Gasteiger partial charge in [0.15, 0.2) is 0 Å². The molecule has 0 atom stereocenters. The standard InChI is InChI=1S/C12H10Br2F2N2/c13-5-9-6-17-18(11(9)12(15)16)7-8-2-1-3-10(14)4-8/h1-4,6,12H,5,7H2. The van der Waals surface area contributed by atoms with Gasteiger partial charge in [0.05, 0.1) is 12.7 Å². The van der Waals surface area contributed by atoms with Crippen LogP contribution in [-0.2, 0) is 11.9 Å². The Morgan fingerprint density at radius 2 is 2.11 bits per heavy atom. The van der Waals surface area contributed by atoms with Crippen molar-refractivity contribution >= 4 is 31.9 Å². The Balaban J connectivity index is 2.32. The lowest BCUT2D eigenvalue weighted by atomic mass is 10.2. The number of hydrogen-bond acceptors (Lipinski definition) is 1. The zero-order valence-corrected chi connectivity index (χ0v) is 12.5. The first-order valence-electron chi connectivity index (χ1n) is 5.25. The Labute approximate surface area is 120 Å². The number of rotatable bonds is 4. The Hall–Kier alpha value is -0.750. The second-order valence-corrected chi connectivity index (χ2v) is 5.25. The Bertz CT molecular complexity index is 541. The van der Waals surface area contributed by atoms with Crippen molar-refractivity contribution in [2.24, 2.45) is 0 Å². The van der Waals surface area contributed by atoms with Crippen LogP contribution in [0.2, 0.25) is 0 Å². The molecule has 0 aliphatic heterocycles. The van der Waals surface area contributed by atoms with Crippen molar-refractivity contribution in [2.75, 3.05) is 0 Å². The van der Waals surface area contributed by atoms with E-state index in [2.05, 4.69) is 37.0 Å². The highest BCUT2D eigenvalue weighted by Crippen LogP contribution is 2.25. The van der Waals surface area contributed by atoms with Crippen molar-refractivity contribution in [1.82, 2.24) is 9.78 Å². The van der Waals surface area contributed by atoms with E-state index in [0.29, 0.717) is 17.4 Å². The summed E-state index contributed by atoms with van der Waals surface area (Å²) in [6.45, 7) is 0.339. The van der Waals surface area contributed by atoms with Gasteiger partial charge >= 0.3 is 0 Å². The van der Waals surface area contributed by atoms with Gasteiger partial charge in [0.25, 0.3) is 6.43 Å². The van der Waals surface area contributed by atoms with Crippen molar-refractivity contribution in [2.45, 2.75) is 18.3 Å². The van der Waals surface area contributed by atoms with Crippen LogP contribution in [-0.4, -0.2) is 9.78 Å². The molecular weight excluding hydrogens is 370 g/mol. The van der Waals surface area contributed by atoms with E-state index < -0.39 is 6.43 Å². The van der Waals surface area contributed by atoms with E-state index in [1.165, 1.54) is 10.9 Å². The van der Waals surface area contributed by atoms with Crippen LogP contribution in [0.25, 0.3) is 0 Å². The van der Waals surface area contributed by atoms with Gasteiger partial charge in [0, 0.05) is 15.4 Å². The lowest BCUT2D eigenvalue weighted by Crippen LogP contribution is -2.07. The third kappa shape index (κ3) is 2.98. The molecule has 1 heterocycles. The first-order valence-corrected chi connectivity index (χ1v) is 7.16. The first-order chi connectivity index (χ1) is 8.61. The Morgan fingerprint density at radius 3 is 2.72 bits per heavy atom. The zero-order chi connectivity index (χ0) is 13.1. The molecule has 0 bridgehead atoms. The summed E-state index contributed by atoms with van der Waals surface area (Å²) in [4.78, 5) is 0. The van der Waals surface area contributed by atoms with Gasteiger partial charge in [-0.05, 0) is 17.7 Å². The van der Waals surface area contributed by atoms with E-state index >= 15 is 0 Å². The first kappa shape index (κ1) is 13.7. The molecule has 96 valence electrons.